The highest BCUT2D eigenvalue weighted by atomic mass is 19.4. The minimum atomic E-state index is -4.62. The van der Waals surface area contributed by atoms with Crippen molar-refractivity contribution in [3.63, 3.8) is 0 Å². The Morgan fingerprint density at radius 3 is 2.18 bits per heavy atom. The second-order valence-corrected chi connectivity index (χ2v) is 6.93. The van der Waals surface area contributed by atoms with Gasteiger partial charge in [-0.05, 0) is 38.7 Å². The molecule has 0 atom stereocenters. The summed E-state index contributed by atoms with van der Waals surface area (Å²) < 4.78 is 76.9. The van der Waals surface area contributed by atoms with Gasteiger partial charge in [-0.15, -0.1) is 0 Å². The summed E-state index contributed by atoms with van der Waals surface area (Å²) in [5, 5.41) is 0. The van der Waals surface area contributed by atoms with E-state index in [4.69, 9.17) is 0 Å². The van der Waals surface area contributed by atoms with E-state index >= 15 is 0 Å². The van der Waals surface area contributed by atoms with E-state index < -0.39 is 29.5 Å². The predicted molar refractivity (Wildman–Crippen MR) is 88.6 cm³/mol. The summed E-state index contributed by atoms with van der Waals surface area (Å²) in [7, 11) is 0. The van der Waals surface area contributed by atoms with E-state index in [0.717, 1.165) is 18.3 Å². The van der Waals surface area contributed by atoms with E-state index in [0.29, 0.717) is 11.5 Å². The molecule has 28 heavy (non-hydrogen) atoms. The second kappa shape index (κ2) is 7.21. The molecule has 0 unspecified atom stereocenters. The number of nitrogens with zero attached hydrogens (tertiary/aromatic N) is 2. The number of aryl methyl sites for hydroxylation is 1. The Morgan fingerprint density at radius 2 is 1.68 bits per heavy atom. The first kappa shape index (κ1) is 20.3. The maximum Gasteiger partial charge on any atom is 0.433 e. The molecule has 10 heteroatoms. The number of rotatable bonds is 2. The fraction of sp³-hybridized carbons (Fsp3) is 0.500. The molecule has 0 amide bonds. The van der Waals surface area contributed by atoms with Crippen LogP contribution in [0.1, 0.15) is 48.8 Å². The lowest BCUT2D eigenvalue weighted by Crippen LogP contribution is -2.28. The Morgan fingerprint density at radius 1 is 1.04 bits per heavy atom. The quantitative estimate of drug-likeness (QED) is 0.716. The molecule has 1 N–H and O–H groups in total. The molecular formula is C18H17F6N3O. The standard InChI is InChI=1S/C18H17F6N3O/c1-9-26-15(10-2-5-12(6-3-10)17(19,20)21)14(16(28)27-9)11-4-7-13(25-8-11)18(22,23)24/h4,7-8,10,12H,2-3,5-6H2,1H3,(H,26,27,28)/t10-,12+. The van der Waals surface area contributed by atoms with Crippen LogP contribution in [0.15, 0.2) is 23.1 Å². The van der Waals surface area contributed by atoms with Gasteiger partial charge in [-0.2, -0.15) is 26.3 Å². The first-order valence-electron chi connectivity index (χ1n) is 8.68. The van der Waals surface area contributed by atoms with Crippen molar-refractivity contribution in [1.29, 1.82) is 0 Å². The first-order valence-corrected chi connectivity index (χ1v) is 8.68. The lowest BCUT2D eigenvalue weighted by atomic mass is 9.78. The van der Waals surface area contributed by atoms with Gasteiger partial charge in [-0.25, -0.2) is 4.98 Å². The van der Waals surface area contributed by atoms with Gasteiger partial charge in [0, 0.05) is 17.7 Å². The fourth-order valence-corrected chi connectivity index (χ4v) is 3.59. The molecule has 1 saturated carbocycles. The average Bonchev–Trinajstić information content (AvgIpc) is 2.60. The maximum atomic E-state index is 12.9. The van der Waals surface area contributed by atoms with Crippen LogP contribution in [-0.2, 0) is 6.18 Å². The Hall–Kier alpha value is -2.39. The van der Waals surface area contributed by atoms with Gasteiger partial charge in [0.1, 0.15) is 11.5 Å². The molecule has 0 spiro atoms. The van der Waals surface area contributed by atoms with Gasteiger partial charge in [-0.3, -0.25) is 9.78 Å². The number of nitrogens with one attached hydrogen (secondary N) is 1. The Bertz CT molecular complexity index is 894. The smallest absolute Gasteiger partial charge is 0.310 e. The van der Waals surface area contributed by atoms with Crippen LogP contribution < -0.4 is 5.56 Å². The second-order valence-electron chi connectivity index (χ2n) is 6.93. The van der Waals surface area contributed by atoms with Crippen LogP contribution >= 0.6 is 0 Å². The van der Waals surface area contributed by atoms with Crippen molar-refractivity contribution in [3.05, 3.63) is 45.9 Å². The van der Waals surface area contributed by atoms with Crippen molar-refractivity contribution in [2.75, 3.05) is 0 Å². The molecule has 1 aliphatic rings. The van der Waals surface area contributed by atoms with Crippen LogP contribution in [0.4, 0.5) is 26.3 Å². The number of aromatic amines is 1. The highest BCUT2D eigenvalue weighted by Crippen LogP contribution is 2.43. The van der Waals surface area contributed by atoms with Crippen LogP contribution in [-0.4, -0.2) is 21.1 Å². The highest BCUT2D eigenvalue weighted by molar-refractivity contribution is 5.65. The van der Waals surface area contributed by atoms with E-state index in [9.17, 15) is 31.1 Å². The van der Waals surface area contributed by atoms with Crippen LogP contribution in [0.5, 0.6) is 0 Å². The number of hydrogen-bond donors (Lipinski definition) is 1. The van der Waals surface area contributed by atoms with Gasteiger partial charge < -0.3 is 4.98 Å². The number of alkyl halides is 6. The Kier molecular flexibility index (Phi) is 5.24. The number of aromatic nitrogens is 3. The molecule has 2 heterocycles. The monoisotopic (exact) mass is 405 g/mol. The van der Waals surface area contributed by atoms with Crippen molar-refractivity contribution in [2.24, 2.45) is 5.92 Å². The van der Waals surface area contributed by atoms with Crippen molar-refractivity contribution in [2.45, 2.75) is 50.9 Å². The largest absolute Gasteiger partial charge is 0.433 e. The molecule has 0 aromatic carbocycles. The third-order valence-electron chi connectivity index (χ3n) is 4.99. The van der Waals surface area contributed by atoms with E-state index in [1.165, 1.54) is 0 Å². The minimum absolute atomic E-state index is 0.0577. The number of H-pyrrole nitrogens is 1. The third-order valence-corrected chi connectivity index (χ3v) is 4.99. The number of hydrogen-bond acceptors (Lipinski definition) is 3. The zero-order valence-corrected chi connectivity index (χ0v) is 14.8. The predicted octanol–water partition coefficient (Wildman–Crippen LogP) is 5.00. The van der Waals surface area contributed by atoms with Crippen molar-refractivity contribution >= 4 is 0 Å². The molecule has 0 aliphatic heterocycles. The summed E-state index contributed by atoms with van der Waals surface area (Å²) in [4.78, 5) is 22.7. The topological polar surface area (TPSA) is 58.6 Å². The Balaban J connectivity index is 1.97. The fourth-order valence-electron chi connectivity index (χ4n) is 3.59. The normalized spacial score (nSPS) is 21.0. The van der Waals surface area contributed by atoms with Gasteiger partial charge in [0.2, 0.25) is 0 Å². The van der Waals surface area contributed by atoms with Crippen molar-refractivity contribution < 1.29 is 26.3 Å². The summed E-state index contributed by atoms with van der Waals surface area (Å²) in [6.07, 6.45) is -7.70. The third kappa shape index (κ3) is 4.20. The number of halogens is 6. The summed E-state index contributed by atoms with van der Waals surface area (Å²) in [6.45, 7) is 1.54. The molecule has 2 aromatic heterocycles. The highest BCUT2D eigenvalue weighted by Gasteiger charge is 2.42. The lowest BCUT2D eigenvalue weighted by molar-refractivity contribution is -0.182. The van der Waals surface area contributed by atoms with E-state index in [2.05, 4.69) is 15.0 Å². The van der Waals surface area contributed by atoms with E-state index in [1.54, 1.807) is 6.92 Å². The molecular weight excluding hydrogens is 388 g/mol. The molecule has 2 aromatic rings. The van der Waals surface area contributed by atoms with Crippen molar-refractivity contribution in [3.8, 4) is 11.1 Å². The van der Waals surface area contributed by atoms with Crippen LogP contribution in [0, 0.1) is 12.8 Å². The summed E-state index contributed by atoms with van der Waals surface area (Å²) in [6, 6.07) is 1.89. The van der Waals surface area contributed by atoms with Crippen LogP contribution in [0.2, 0.25) is 0 Å². The summed E-state index contributed by atoms with van der Waals surface area (Å²) in [5.74, 6) is -1.47. The van der Waals surface area contributed by atoms with E-state index in [-0.39, 0.29) is 42.7 Å². The molecule has 152 valence electrons. The van der Waals surface area contributed by atoms with Gasteiger partial charge in [-0.1, -0.05) is 6.07 Å². The van der Waals surface area contributed by atoms with Crippen LogP contribution in [0.25, 0.3) is 11.1 Å². The first-order chi connectivity index (χ1) is 13.0. The number of pyridine rings is 1. The van der Waals surface area contributed by atoms with Gasteiger partial charge in [0.15, 0.2) is 0 Å². The molecule has 0 bridgehead atoms. The zero-order chi connectivity index (χ0) is 20.7. The van der Waals surface area contributed by atoms with Crippen molar-refractivity contribution in [1.82, 2.24) is 15.0 Å². The minimum Gasteiger partial charge on any atom is -0.310 e. The van der Waals surface area contributed by atoms with E-state index in [1.807, 2.05) is 0 Å². The van der Waals surface area contributed by atoms with Gasteiger partial charge >= 0.3 is 12.4 Å². The molecule has 0 radical (unpaired) electrons. The SMILES string of the molecule is Cc1nc([C@H]2CC[C@@H](C(F)(F)F)CC2)c(-c2ccc(C(F)(F)F)nc2)c(=O)[nH]1. The lowest BCUT2D eigenvalue weighted by Gasteiger charge is -2.30. The Labute approximate surface area is 156 Å². The molecule has 1 fully saturated rings. The van der Waals surface area contributed by atoms with Gasteiger partial charge in [0.05, 0.1) is 17.2 Å². The molecule has 1 aliphatic carbocycles. The molecule has 4 nitrogen and oxygen atoms in total. The van der Waals surface area contributed by atoms with Gasteiger partial charge in [0.25, 0.3) is 5.56 Å². The summed E-state index contributed by atoms with van der Waals surface area (Å²) >= 11 is 0. The maximum absolute atomic E-state index is 12.9. The molecule has 0 saturated heterocycles. The zero-order valence-electron chi connectivity index (χ0n) is 14.8. The summed E-state index contributed by atoms with van der Waals surface area (Å²) in [5.41, 5.74) is -1.14. The van der Waals surface area contributed by atoms with Crippen LogP contribution in [0.3, 0.4) is 0 Å². The molecule has 3 rings (SSSR count). The average molecular weight is 405 g/mol.